The topological polar surface area (TPSA) is 60.0 Å². The van der Waals surface area contributed by atoms with E-state index in [0.29, 0.717) is 18.2 Å². The monoisotopic (exact) mass is 354 g/mol. The molecule has 1 saturated heterocycles. The number of benzene rings is 1. The fourth-order valence-corrected chi connectivity index (χ4v) is 3.81. The molecule has 0 aliphatic carbocycles. The Morgan fingerprint density at radius 2 is 2.30 bits per heavy atom. The second kappa shape index (κ2) is 7.27. The third kappa shape index (κ3) is 3.81. The van der Waals surface area contributed by atoms with Gasteiger partial charge in [-0.25, -0.2) is 0 Å². The number of thioether (sulfide) groups is 1. The number of methoxy groups -OCH3 is 1. The lowest BCUT2D eigenvalue weighted by molar-refractivity contribution is -0.140. The third-order valence-corrected chi connectivity index (χ3v) is 5.26. The molecule has 8 heteroatoms. The third-order valence-electron chi connectivity index (χ3n) is 3.70. The second-order valence-electron chi connectivity index (χ2n) is 5.17. The van der Waals surface area contributed by atoms with E-state index < -0.39 is 0 Å². The predicted octanol–water partition coefficient (Wildman–Crippen LogP) is 1.38. The Bertz CT molecular complexity index is 611. The molecule has 1 atom stereocenters. The van der Waals surface area contributed by atoms with E-state index in [9.17, 15) is 4.79 Å². The van der Waals surface area contributed by atoms with Crippen molar-refractivity contribution in [3.8, 4) is 11.5 Å². The van der Waals surface area contributed by atoms with Crippen LogP contribution in [-0.2, 0) is 16.1 Å². The van der Waals surface area contributed by atoms with Gasteiger partial charge in [-0.3, -0.25) is 4.79 Å². The average Bonchev–Trinajstić information content (AvgIpc) is 3.06. The van der Waals surface area contributed by atoms with Crippen molar-refractivity contribution in [2.45, 2.75) is 11.8 Å². The first-order chi connectivity index (χ1) is 11.2. The SMILES string of the molecule is COC(=O)[C@@H]1CN(C(=S)NCc2ccc3c(c2)OCO3)CCS1. The Balaban J connectivity index is 1.53. The van der Waals surface area contributed by atoms with Crippen LogP contribution in [0.4, 0.5) is 0 Å². The van der Waals surface area contributed by atoms with Crippen molar-refractivity contribution in [1.29, 1.82) is 0 Å². The number of esters is 1. The second-order valence-corrected chi connectivity index (χ2v) is 6.87. The van der Waals surface area contributed by atoms with Gasteiger partial charge in [0.15, 0.2) is 16.6 Å². The Hall–Kier alpha value is -1.67. The van der Waals surface area contributed by atoms with Gasteiger partial charge in [0.05, 0.1) is 7.11 Å². The highest BCUT2D eigenvalue weighted by Gasteiger charge is 2.28. The molecule has 0 aromatic heterocycles. The standard InChI is InChI=1S/C15H18N2O4S2/c1-19-14(18)13-8-17(4-5-23-13)15(22)16-7-10-2-3-11-12(6-10)21-9-20-11/h2-3,6,13H,4-5,7-9H2,1H3,(H,16,22)/t13-/m0/s1. The molecule has 1 aromatic carbocycles. The Morgan fingerprint density at radius 1 is 1.48 bits per heavy atom. The van der Waals surface area contributed by atoms with Crippen LogP contribution >= 0.6 is 24.0 Å². The minimum Gasteiger partial charge on any atom is -0.468 e. The van der Waals surface area contributed by atoms with Crippen LogP contribution in [0.25, 0.3) is 0 Å². The quantitative estimate of drug-likeness (QED) is 0.645. The highest BCUT2D eigenvalue weighted by molar-refractivity contribution is 8.00. The van der Waals surface area contributed by atoms with Gasteiger partial charge in [0.25, 0.3) is 0 Å². The van der Waals surface area contributed by atoms with Gasteiger partial charge >= 0.3 is 5.97 Å². The largest absolute Gasteiger partial charge is 0.468 e. The summed E-state index contributed by atoms with van der Waals surface area (Å²) in [5.41, 5.74) is 1.06. The van der Waals surface area contributed by atoms with Gasteiger partial charge in [-0.05, 0) is 29.9 Å². The van der Waals surface area contributed by atoms with Crippen LogP contribution in [-0.4, -0.2) is 54.0 Å². The number of nitrogens with zero attached hydrogens (tertiary/aromatic N) is 1. The van der Waals surface area contributed by atoms with Gasteiger partial charge in [0.1, 0.15) is 5.25 Å². The summed E-state index contributed by atoms with van der Waals surface area (Å²) < 4.78 is 15.5. The molecular weight excluding hydrogens is 336 g/mol. The summed E-state index contributed by atoms with van der Waals surface area (Å²) in [6, 6.07) is 5.82. The Labute approximate surface area is 144 Å². The number of thiocarbonyl (C=S) groups is 1. The van der Waals surface area contributed by atoms with Gasteiger partial charge in [-0.15, -0.1) is 11.8 Å². The molecule has 2 heterocycles. The van der Waals surface area contributed by atoms with Gasteiger partial charge in [0.2, 0.25) is 6.79 Å². The lowest BCUT2D eigenvalue weighted by atomic mass is 10.2. The molecule has 0 amide bonds. The minimum absolute atomic E-state index is 0.181. The van der Waals surface area contributed by atoms with Gasteiger partial charge < -0.3 is 24.4 Å². The van der Waals surface area contributed by atoms with E-state index in [1.807, 2.05) is 23.1 Å². The summed E-state index contributed by atoms with van der Waals surface area (Å²) in [5.74, 6) is 2.19. The van der Waals surface area contributed by atoms with E-state index in [-0.39, 0.29) is 18.0 Å². The van der Waals surface area contributed by atoms with Crippen molar-refractivity contribution >= 4 is 35.1 Å². The number of rotatable bonds is 3. The number of hydrogen-bond donors (Lipinski definition) is 1. The van der Waals surface area contributed by atoms with E-state index in [1.54, 1.807) is 11.8 Å². The van der Waals surface area contributed by atoms with Gasteiger partial charge in [0, 0.05) is 25.4 Å². The maximum atomic E-state index is 11.7. The number of hydrogen-bond acceptors (Lipinski definition) is 6. The normalized spacial score (nSPS) is 19.3. The molecule has 6 nitrogen and oxygen atoms in total. The molecule has 0 bridgehead atoms. The fraction of sp³-hybridized carbons (Fsp3) is 0.467. The van der Waals surface area contributed by atoms with Crippen LogP contribution in [0, 0.1) is 0 Å². The van der Waals surface area contributed by atoms with Crippen LogP contribution < -0.4 is 14.8 Å². The van der Waals surface area contributed by atoms with Crippen LogP contribution in [0.1, 0.15) is 5.56 Å². The number of carbonyl (C=O) groups is 1. The van der Waals surface area contributed by atoms with E-state index in [1.165, 1.54) is 7.11 Å². The lowest BCUT2D eigenvalue weighted by Crippen LogP contribution is -2.48. The summed E-state index contributed by atoms with van der Waals surface area (Å²) in [5, 5.41) is 3.71. The molecule has 0 unspecified atom stereocenters. The number of fused-ring (bicyclic) bond motifs is 1. The first kappa shape index (κ1) is 16.2. The van der Waals surface area contributed by atoms with Crippen molar-refractivity contribution in [2.24, 2.45) is 0 Å². The van der Waals surface area contributed by atoms with Crippen molar-refractivity contribution in [1.82, 2.24) is 10.2 Å². The smallest absolute Gasteiger partial charge is 0.320 e. The summed E-state index contributed by atoms with van der Waals surface area (Å²) in [4.78, 5) is 13.7. The maximum Gasteiger partial charge on any atom is 0.320 e. The van der Waals surface area contributed by atoms with Gasteiger partial charge in [-0.2, -0.15) is 0 Å². The zero-order chi connectivity index (χ0) is 16.2. The molecule has 1 N–H and O–H groups in total. The van der Waals surface area contributed by atoms with Gasteiger partial charge in [-0.1, -0.05) is 6.07 Å². The van der Waals surface area contributed by atoms with Crippen molar-refractivity contribution in [3.05, 3.63) is 23.8 Å². The molecule has 0 radical (unpaired) electrons. The minimum atomic E-state index is -0.196. The van der Waals surface area contributed by atoms with Crippen LogP contribution in [0.2, 0.25) is 0 Å². The fourth-order valence-electron chi connectivity index (χ4n) is 2.45. The van der Waals surface area contributed by atoms with E-state index in [2.05, 4.69) is 5.32 Å². The summed E-state index contributed by atoms with van der Waals surface area (Å²) in [6.45, 7) is 2.27. The zero-order valence-corrected chi connectivity index (χ0v) is 14.4. The predicted molar refractivity (Wildman–Crippen MR) is 91.8 cm³/mol. The molecular formula is C15H18N2O4S2. The lowest BCUT2D eigenvalue weighted by Gasteiger charge is -2.33. The summed E-state index contributed by atoms with van der Waals surface area (Å²) in [7, 11) is 1.41. The van der Waals surface area contributed by atoms with Crippen molar-refractivity contribution in [2.75, 3.05) is 32.7 Å². The van der Waals surface area contributed by atoms with E-state index in [0.717, 1.165) is 29.4 Å². The summed E-state index contributed by atoms with van der Waals surface area (Å²) >= 11 is 7.06. The number of carbonyl (C=O) groups excluding carboxylic acids is 1. The molecule has 2 aliphatic rings. The number of ether oxygens (including phenoxy) is 3. The molecule has 124 valence electrons. The van der Waals surface area contributed by atoms with Crippen LogP contribution in [0.5, 0.6) is 11.5 Å². The van der Waals surface area contributed by atoms with Crippen LogP contribution in [0.15, 0.2) is 18.2 Å². The molecule has 0 saturated carbocycles. The highest BCUT2D eigenvalue weighted by atomic mass is 32.2. The molecule has 23 heavy (non-hydrogen) atoms. The first-order valence-corrected chi connectivity index (χ1v) is 8.74. The average molecular weight is 354 g/mol. The van der Waals surface area contributed by atoms with E-state index >= 15 is 0 Å². The Kier molecular flexibility index (Phi) is 5.12. The molecule has 3 rings (SSSR count). The molecule has 0 spiro atoms. The van der Waals surface area contributed by atoms with E-state index in [4.69, 9.17) is 26.4 Å². The maximum absolute atomic E-state index is 11.7. The van der Waals surface area contributed by atoms with Crippen LogP contribution in [0.3, 0.4) is 0 Å². The number of nitrogens with one attached hydrogen (secondary N) is 1. The zero-order valence-electron chi connectivity index (χ0n) is 12.7. The molecule has 1 fully saturated rings. The first-order valence-electron chi connectivity index (χ1n) is 7.28. The molecule has 2 aliphatic heterocycles. The highest BCUT2D eigenvalue weighted by Crippen LogP contribution is 2.32. The molecule has 1 aromatic rings. The van der Waals surface area contributed by atoms with Crippen molar-refractivity contribution < 1.29 is 19.0 Å². The van der Waals surface area contributed by atoms with Crippen molar-refractivity contribution in [3.63, 3.8) is 0 Å². The Morgan fingerprint density at radius 3 is 3.13 bits per heavy atom. The summed E-state index contributed by atoms with van der Waals surface area (Å²) in [6.07, 6.45) is 0.